The van der Waals surface area contributed by atoms with Crippen LogP contribution in [0.25, 0.3) is 0 Å². The maximum atomic E-state index is 13.8. The van der Waals surface area contributed by atoms with Crippen molar-refractivity contribution in [2.45, 2.75) is 19.5 Å². The zero-order valence-corrected chi connectivity index (χ0v) is 19.0. The lowest BCUT2D eigenvalue weighted by molar-refractivity contribution is 0.206. The average molecular weight is 458 g/mol. The minimum Gasteiger partial charge on any atom is -0.507 e. The van der Waals surface area contributed by atoms with Crippen molar-refractivity contribution in [1.29, 1.82) is 0 Å². The Bertz CT molecular complexity index is 1280. The molecule has 0 radical (unpaired) electrons. The summed E-state index contributed by atoms with van der Waals surface area (Å²) in [5.41, 5.74) is 1.67. The molecule has 0 aliphatic carbocycles. The molecule has 4 aromatic heterocycles. The Balaban J connectivity index is 1.52. The van der Waals surface area contributed by atoms with Crippen molar-refractivity contribution in [2.24, 2.45) is 0 Å². The van der Waals surface area contributed by atoms with Gasteiger partial charge >= 0.3 is 0 Å². The lowest BCUT2D eigenvalue weighted by Gasteiger charge is -2.40. The summed E-state index contributed by atoms with van der Waals surface area (Å²) in [5, 5.41) is 11.0. The summed E-state index contributed by atoms with van der Waals surface area (Å²) in [6.07, 6.45) is 6.87. The second kappa shape index (κ2) is 9.52. The molecule has 1 N–H and O–H groups in total. The number of aromatic hydroxyl groups is 1. The Labute approximate surface area is 197 Å². The van der Waals surface area contributed by atoms with Crippen LogP contribution in [-0.4, -0.2) is 50.7 Å². The number of piperazine rings is 1. The third-order valence-electron chi connectivity index (χ3n) is 6.34. The number of pyridine rings is 3. The first-order chi connectivity index (χ1) is 16.6. The van der Waals surface area contributed by atoms with Crippen molar-refractivity contribution in [3.63, 3.8) is 0 Å². The third kappa shape index (κ3) is 4.32. The van der Waals surface area contributed by atoms with E-state index in [0.717, 1.165) is 24.5 Å². The Hall–Kier alpha value is -3.91. The third-order valence-corrected chi connectivity index (χ3v) is 6.34. The first-order valence-electron chi connectivity index (χ1n) is 11.4. The summed E-state index contributed by atoms with van der Waals surface area (Å²) in [5.74, 6) is 1.63. The predicted octanol–water partition coefficient (Wildman–Crippen LogP) is 3.21. The van der Waals surface area contributed by atoms with Crippen LogP contribution in [0.2, 0.25) is 0 Å². The molecule has 0 saturated carbocycles. The highest BCUT2D eigenvalue weighted by Gasteiger charge is 2.32. The van der Waals surface area contributed by atoms with E-state index in [9.17, 15) is 9.90 Å². The molecule has 174 valence electrons. The quantitative estimate of drug-likeness (QED) is 0.476. The Morgan fingerprint density at radius 2 is 1.91 bits per heavy atom. The van der Waals surface area contributed by atoms with Crippen LogP contribution < -0.4 is 10.5 Å². The van der Waals surface area contributed by atoms with Gasteiger partial charge in [0.25, 0.3) is 5.56 Å². The van der Waals surface area contributed by atoms with E-state index in [1.165, 1.54) is 0 Å². The highest BCUT2D eigenvalue weighted by Crippen LogP contribution is 2.33. The van der Waals surface area contributed by atoms with E-state index in [4.69, 9.17) is 4.42 Å². The molecule has 8 heteroatoms. The van der Waals surface area contributed by atoms with Crippen molar-refractivity contribution in [1.82, 2.24) is 19.4 Å². The largest absolute Gasteiger partial charge is 0.507 e. The summed E-state index contributed by atoms with van der Waals surface area (Å²) in [4.78, 5) is 27.0. The van der Waals surface area contributed by atoms with Gasteiger partial charge in [-0.3, -0.25) is 14.7 Å². The van der Waals surface area contributed by atoms with E-state index < -0.39 is 6.04 Å². The smallest absolute Gasteiger partial charge is 0.260 e. The van der Waals surface area contributed by atoms with E-state index >= 15 is 0 Å². The van der Waals surface area contributed by atoms with E-state index in [0.29, 0.717) is 36.7 Å². The molecule has 1 unspecified atom stereocenters. The van der Waals surface area contributed by atoms with Crippen LogP contribution in [0.5, 0.6) is 5.75 Å². The minimum atomic E-state index is -0.421. The van der Waals surface area contributed by atoms with Crippen LogP contribution in [-0.2, 0) is 6.54 Å². The summed E-state index contributed by atoms with van der Waals surface area (Å²) < 4.78 is 7.13. The van der Waals surface area contributed by atoms with Crippen LogP contribution in [0.15, 0.2) is 82.6 Å². The Morgan fingerprint density at radius 3 is 2.59 bits per heavy atom. The zero-order valence-electron chi connectivity index (χ0n) is 19.0. The first kappa shape index (κ1) is 21.9. The van der Waals surface area contributed by atoms with Gasteiger partial charge in [0.15, 0.2) is 0 Å². The number of nitrogens with zero attached hydrogens (tertiary/aromatic N) is 5. The number of furan rings is 1. The van der Waals surface area contributed by atoms with E-state index in [1.54, 1.807) is 41.6 Å². The number of rotatable bonds is 6. The van der Waals surface area contributed by atoms with Crippen LogP contribution in [0.1, 0.15) is 28.6 Å². The normalized spacial score (nSPS) is 15.4. The summed E-state index contributed by atoms with van der Waals surface area (Å²) in [7, 11) is 0. The minimum absolute atomic E-state index is 0.000737. The maximum Gasteiger partial charge on any atom is 0.260 e. The van der Waals surface area contributed by atoms with Gasteiger partial charge in [-0.25, -0.2) is 4.98 Å². The molecule has 0 amide bonds. The van der Waals surface area contributed by atoms with Crippen LogP contribution in [0.4, 0.5) is 5.82 Å². The fraction of sp³-hybridized carbons (Fsp3) is 0.269. The summed E-state index contributed by atoms with van der Waals surface area (Å²) in [6, 6.07) is 14.6. The fourth-order valence-electron chi connectivity index (χ4n) is 4.63. The molecular formula is C26H27N5O3. The molecule has 1 atom stereocenters. The zero-order chi connectivity index (χ0) is 23.5. The Morgan fingerprint density at radius 1 is 1.06 bits per heavy atom. The van der Waals surface area contributed by atoms with E-state index in [1.807, 2.05) is 43.3 Å². The second-order valence-corrected chi connectivity index (χ2v) is 8.46. The number of aryl methyl sites for hydroxylation is 1. The summed E-state index contributed by atoms with van der Waals surface area (Å²) in [6.45, 7) is 5.07. The van der Waals surface area contributed by atoms with Crippen molar-refractivity contribution in [3.8, 4) is 5.75 Å². The number of anilines is 1. The molecule has 34 heavy (non-hydrogen) atoms. The molecule has 0 bridgehead atoms. The lowest BCUT2D eigenvalue weighted by Crippen LogP contribution is -2.49. The molecule has 1 fully saturated rings. The molecular weight excluding hydrogens is 430 g/mol. The molecule has 0 aromatic carbocycles. The van der Waals surface area contributed by atoms with Crippen molar-refractivity contribution < 1.29 is 9.52 Å². The standard InChI is InChI=1S/C26H27N5O3/c1-19-16-22(32)24(26(33)31(19)18-21-7-5-15-34-21)25(20-6-4-9-27-17-20)30-13-11-29(12-14-30)23-8-2-3-10-28-23/h2-10,15-17,25,32H,11-14,18H2,1H3. The fourth-order valence-corrected chi connectivity index (χ4v) is 4.63. The number of hydrogen-bond donors (Lipinski definition) is 1. The van der Waals surface area contributed by atoms with Gasteiger partial charge in [-0.15, -0.1) is 0 Å². The molecule has 1 aliphatic rings. The van der Waals surface area contributed by atoms with Gasteiger partial charge in [0.1, 0.15) is 17.3 Å². The Kier molecular flexibility index (Phi) is 6.14. The van der Waals surface area contributed by atoms with Gasteiger partial charge < -0.3 is 19.0 Å². The van der Waals surface area contributed by atoms with Crippen molar-refractivity contribution in [2.75, 3.05) is 31.1 Å². The van der Waals surface area contributed by atoms with E-state index in [2.05, 4.69) is 19.8 Å². The van der Waals surface area contributed by atoms with Gasteiger partial charge in [0.2, 0.25) is 0 Å². The molecule has 5 rings (SSSR count). The van der Waals surface area contributed by atoms with Gasteiger partial charge in [-0.2, -0.15) is 0 Å². The molecule has 5 heterocycles. The first-order valence-corrected chi connectivity index (χ1v) is 11.4. The highest BCUT2D eigenvalue weighted by atomic mass is 16.3. The van der Waals surface area contributed by atoms with Crippen LogP contribution in [0.3, 0.4) is 0 Å². The lowest BCUT2D eigenvalue weighted by atomic mass is 9.97. The van der Waals surface area contributed by atoms with Crippen LogP contribution in [0, 0.1) is 6.92 Å². The predicted molar refractivity (Wildman–Crippen MR) is 129 cm³/mol. The molecule has 4 aromatic rings. The molecule has 8 nitrogen and oxygen atoms in total. The molecule has 0 spiro atoms. The van der Waals surface area contributed by atoms with Crippen molar-refractivity contribution >= 4 is 5.82 Å². The topological polar surface area (TPSA) is 87.6 Å². The second-order valence-electron chi connectivity index (χ2n) is 8.46. The molecule has 1 aliphatic heterocycles. The number of aromatic nitrogens is 3. The number of hydrogen-bond acceptors (Lipinski definition) is 7. The van der Waals surface area contributed by atoms with E-state index in [-0.39, 0.29) is 11.3 Å². The average Bonchev–Trinajstić information content (AvgIpc) is 3.39. The van der Waals surface area contributed by atoms with Crippen LogP contribution >= 0.6 is 0 Å². The van der Waals surface area contributed by atoms with Gasteiger partial charge in [-0.1, -0.05) is 12.1 Å². The summed E-state index contributed by atoms with van der Waals surface area (Å²) >= 11 is 0. The maximum absolute atomic E-state index is 13.8. The van der Waals surface area contributed by atoms with Gasteiger partial charge in [0, 0.05) is 50.5 Å². The molecule has 1 saturated heterocycles. The van der Waals surface area contributed by atoms with Gasteiger partial charge in [-0.05, 0) is 48.9 Å². The highest BCUT2D eigenvalue weighted by molar-refractivity contribution is 5.42. The van der Waals surface area contributed by atoms with Crippen molar-refractivity contribution in [3.05, 3.63) is 106 Å². The monoisotopic (exact) mass is 457 g/mol. The SMILES string of the molecule is Cc1cc(O)c(C(c2cccnc2)N2CCN(c3ccccn3)CC2)c(=O)n1Cc1ccco1. The van der Waals surface area contributed by atoms with Gasteiger partial charge in [0.05, 0.1) is 24.4 Å².